The lowest BCUT2D eigenvalue weighted by Crippen LogP contribution is -2.45. The lowest BCUT2D eigenvalue weighted by Gasteiger charge is -2.15. The van der Waals surface area contributed by atoms with Crippen LogP contribution in [0.3, 0.4) is 0 Å². The number of nitrogens with one attached hydrogen (secondary N) is 1. The molecule has 3 aromatic heterocycles. The third-order valence-corrected chi connectivity index (χ3v) is 8.83. The molecule has 1 aliphatic rings. The molecule has 10 heteroatoms. The maximum Gasteiger partial charge on any atom is 0.325 e. The molecule has 1 fully saturated rings. The number of hydrogen-bond donors (Lipinski definition) is 2. The highest BCUT2D eigenvalue weighted by atomic mass is 32.2. The molecule has 1 saturated carbocycles. The molecular formula is C21H18N4O4S2. The summed E-state index contributed by atoms with van der Waals surface area (Å²) in [6.45, 7) is 1.75. The predicted octanol–water partition coefficient (Wildman–Crippen LogP) is 2.99. The van der Waals surface area contributed by atoms with Gasteiger partial charge in [-0.15, -0.1) is 11.3 Å². The number of fused-ring (bicyclic) bond motifs is 1. The third kappa shape index (κ3) is 3.14. The Kier molecular flexibility index (Phi) is 4.47. The van der Waals surface area contributed by atoms with Crippen LogP contribution in [0.15, 0.2) is 71.3 Å². The van der Waals surface area contributed by atoms with Crippen molar-refractivity contribution in [3.05, 3.63) is 72.7 Å². The minimum atomic E-state index is -4.05. The highest BCUT2D eigenvalue weighted by molar-refractivity contribution is 7.91. The van der Waals surface area contributed by atoms with Crippen LogP contribution < -0.4 is 4.72 Å². The summed E-state index contributed by atoms with van der Waals surface area (Å²) in [6, 6.07) is 14.0. The second kappa shape index (κ2) is 6.98. The fraction of sp³-hybridized carbons (Fsp3) is 0.190. The van der Waals surface area contributed by atoms with Crippen molar-refractivity contribution in [1.82, 2.24) is 19.1 Å². The minimum absolute atomic E-state index is 0.0408. The molecule has 0 aliphatic heterocycles. The Bertz CT molecular complexity index is 1360. The lowest BCUT2D eigenvalue weighted by molar-refractivity contribution is -0.140. The molecule has 0 radical (unpaired) electrons. The third-order valence-electron chi connectivity index (χ3n) is 5.75. The molecule has 158 valence electrons. The van der Waals surface area contributed by atoms with Gasteiger partial charge in [0, 0.05) is 24.5 Å². The van der Waals surface area contributed by atoms with Crippen LogP contribution in [0.1, 0.15) is 18.4 Å². The van der Waals surface area contributed by atoms with Crippen molar-refractivity contribution in [2.45, 2.75) is 22.6 Å². The number of benzene rings is 1. The van der Waals surface area contributed by atoms with Gasteiger partial charge in [0.1, 0.15) is 15.4 Å². The van der Waals surface area contributed by atoms with Crippen molar-refractivity contribution in [2.24, 2.45) is 5.92 Å². The van der Waals surface area contributed by atoms with Gasteiger partial charge in [-0.1, -0.05) is 37.3 Å². The van der Waals surface area contributed by atoms with Crippen LogP contribution in [0.2, 0.25) is 0 Å². The van der Waals surface area contributed by atoms with E-state index in [1.165, 1.54) is 6.07 Å². The summed E-state index contributed by atoms with van der Waals surface area (Å²) in [5.74, 6) is -1.49. The van der Waals surface area contributed by atoms with Crippen LogP contribution in [0.25, 0.3) is 16.3 Å². The first-order chi connectivity index (χ1) is 14.8. The quantitative estimate of drug-likeness (QED) is 0.463. The van der Waals surface area contributed by atoms with Crippen LogP contribution in [0.4, 0.5) is 0 Å². The van der Waals surface area contributed by atoms with Crippen LogP contribution >= 0.6 is 11.3 Å². The molecule has 8 nitrogen and oxygen atoms in total. The van der Waals surface area contributed by atoms with Gasteiger partial charge in [-0.25, -0.2) is 18.4 Å². The van der Waals surface area contributed by atoms with E-state index in [2.05, 4.69) is 14.7 Å². The molecule has 0 unspecified atom stereocenters. The van der Waals surface area contributed by atoms with Crippen molar-refractivity contribution in [2.75, 3.05) is 0 Å². The maximum atomic E-state index is 13.1. The van der Waals surface area contributed by atoms with E-state index in [0.717, 1.165) is 16.9 Å². The number of carboxylic acid groups (broad SMARTS) is 1. The average Bonchev–Trinajstić information content (AvgIpc) is 3.16. The average molecular weight is 455 g/mol. The molecule has 0 saturated heterocycles. The Morgan fingerprint density at radius 2 is 1.97 bits per heavy atom. The van der Waals surface area contributed by atoms with Gasteiger partial charge in [0.25, 0.3) is 10.0 Å². The Morgan fingerprint density at radius 3 is 2.68 bits per heavy atom. The number of aliphatic carboxylic acids is 1. The number of carboxylic acids is 1. The molecule has 1 aliphatic carbocycles. The van der Waals surface area contributed by atoms with Gasteiger partial charge >= 0.3 is 5.97 Å². The van der Waals surface area contributed by atoms with Gasteiger partial charge < -0.3 is 5.11 Å². The summed E-state index contributed by atoms with van der Waals surface area (Å²) < 4.78 is 30.5. The van der Waals surface area contributed by atoms with Gasteiger partial charge in [-0.05, 0) is 29.7 Å². The summed E-state index contributed by atoms with van der Waals surface area (Å²) in [6.07, 6.45) is 5.21. The Balaban J connectivity index is 1.46. The van der Waals surface area contributed by atoms with Crippen molar-refractivity contribution < 1.29 is 18.3 Å². The number of sulfonamides is 1. The molecule has 5 rings (SSSR count). The number of hydrogen-bond acceptors (Lipinski definition) is 6. The van der Waals surface area contributed by atoms with E-state index in [1.807, 2.05) is 30.3 Å². The predicted molar refractivity (Wildman–Crippen MR) is 115 cm³/mol. The van der Waals surface area contributed by atoms with E-state index in [9.17, 15) is 18.3 Å². The Labute approximate surface area is 182 Å². The standard InChI is InChI=1S/C21H18N4O4S2/c1-13-18(14-6-3-2-4-7-14)21(13,19(26)27)24-31(28,29)17-9-8-16(30-17)15-12-25-11-5-10-22-20(25)23-15/h2-13,18,24H,1H3,(H,26,27)/t13-,18-,21+/m1/s1. The number of rotatable bonds is 6. The van der Waals surface area contributed by atoms with Crippen LogP contribution in [0, 0.1) is 5.92 Å². The van der Waals surface area contributed by atoms with Crippen LogP contribution in [-0.2, 0) is 14.8 Å². The van der Waals surface area contributed by atoms with Gasteiger partial charge in [0.2, 0.25) is 5.78 Å². The number of imidazole rings is 1. The van der Waals surface area contributed by atoms with Gasteiger partial charge in [0.05, 0.1) is 4.88 Å². The number of aromatic nitrogens is 3. The van der Waals surface area contributed by atoms with Gasteiger partial charge in [-0.3, -0.25) is 9.20 Å². The molecule has 3 heterocycles. The topological polar surface area (TPSA) is 114 Å². The van der Waals surface area contributed by atoms with E-state index >= 15 is 0 Å². The molecule has 0 bridgehead atoms. The number of nitrogens with zero attached hydrogens (tertiary/aromatic N) is 3. The molecule has 3 atom stereocenters. The molecule has 0 spiro atoms. The maximum absolute atomic E-state index is 13.1. The van der Waals surface area contributed by atoms with Crippen molar-refractivity contribution in [3.63, 3.8) is 0 Å². The zero-order valence-corrected chi connectivity index (χ0v) is 18.0. The largest absolute Gasteiger partial charge is 0.480 e. The van der Waals surface area contributed by atoms with E-state index in [0.29, 0.717) is 16.3 Å². The molecule has 0 amide bonds. The normalized spacial score (nSPS) is 23.1. The molecular weight excluding hydrogens is 436 g/mol. The summed E-state index contributed by atoms with van der Waals surface area (Å²) in [4.78, 5) is 21.4. The van der Waals surface area contributed by atoms with E-state index in [-0.39, 0.29) is 10.1 Å². The van der Waals surface area contributed by atoms with Crippen molar-refractivity contribution in [3.8, 4) is 10.6 Å². The van der Waals surface area contributed by atoms with Crippen molar-refractivity contribution >= 4 is 33.1 Å². The second-order valence-electron chi connectivity index (χ2n) is 7.53. The van der Waals surface area contributed by atoms with Gasteiger partial charge in [-0.2, -0.15) is 4.72 Å². The molecule has 2 N–H and O–H groups in total. The minimum Gasteiger partial charge on any atom is -0.480 e. The Hall–Kier alpha value is -3.08. The van der Waals surface area contributed by atoms with E-state index < -0.39 is 27.4 Å². The summed E-state index contributed by atoms with van der Waals surface area (Å²) >= 11 is 1.04. The van der Waals surface area contributed by atoms with Gasteiger partial charge in [0.15, 0.2) is 0 Å². The number of thiophene rings is 1. The monoisotopic (exact) mass is 454 g/mol. The molecule has 4 aromatic rings. The van der Waals surface area contributed by atoms with E-state index in [1.54, 1.807) is 42.0 Å². The Morgan fingerprint density at radius 1 is 1.19 bits per heavy atom. The zero-order valence-electron chi connectivity index (χ0n) is 16.3. The SMILES string of the molecule is C[C@@H]1[C@H](c2ccccc2)[C@]1(NS(=O)(=O)c1ccc(-c2cn3cccnc3n2)s1)C(=O)O. The fourth-order valence-corrected chi connectivity index (χ4v) is 6.84. The lowest BCUT2D eigenvalue weighted by atomic mass is 10.1. The summed E-state index contributed by atoms with van der Waals surface area (Å²) in [5, 5.41) is 9.94. The highest BCUT2D eigenvalue weighted by Gasteiger charge is 2.70. The first kappa shape index (κ1) is 19.9. The zero-order chi connectivity index (χ0) is 21.8. The first-order valence-corrected chi connectivity index (χ1v) is 11.8. The molecule has 31 heavy (non-hydrogen) atoms. The summed E-state index contributed by atoms with van der Waals surface area (Å²) in [7, 11) is -4.05. The summed E-state index contributed by atoms with van der Waals surface area (Å²) in [5.41, 5.74) is -0.179. The van der Waals surface area contributed by atoms with Crippen molar-refractivity contribution in [1.29, 1.82) is 0 Å². The van der Waals surface area contributed by atoms with Crippen LogP contribution in [0.5, 0.6) is 0 Å². The van der Waals surface area contributed by atoms with E-state index in [4.69, 9.17) is 0 Å². The number of carbonyl (C=O) groups is 1. The fourth-order valence-electron chi connectivity index (χ4n) is 4.12. The second-order valence-corrected chi connectivity index (χ2v) is 10.5. The molecule has 1 aromatic carbocycles. The smallest absolute Gasteiger partial charge is 0.325 e. The first-order valence-electron chi connectivity index (χ1n) is 9.55. The highest BCUT2D eigenvalue weighted by Crippen LogP contribution is 2.58. The van der Waals surface area contributed by atoms with Crippen LogP contribution in [-0.4, -0.2) is 39.4 Å².